The smallest absolute Gasteiger partial charge is 0.341 e. The van der Waals surface area contributed by atoms with Gasteiger partial charge in [-0.05, 0) is 50.2 Å². The van der Waals surface area contributed by atoms with Gasteiger partial charge in [0.1, 0.15) is 0 Å². The van der Waals surface area contributed by atoms with Crippen molar-refractivity contribution in [3.63, 3.8) is 0 Å². The highest BCUT2D eigenvalue weighted by Gasteiger charge is 2.22. The molecule has 0 unspecified atom stereocenters. The van der Waals surface area contributed by atoms with Crippen LogP contribution < -0.4 is 10.6 Å². The third-order valence-corrected chi connectivity index (χ3v) is 4.11. The molecule has 0 aliphatic heterocycles. The van der Waals surface area contributed by atoms with Crippen molar-refractivity contribution in [2.45, 2.75) is 20.0 Å². The molecule has 0 aliphatic carbocycles. The number of amides is 2. The van der Waals surface area contributed by atoms with E-state index >= 15 is 0 Å². The number of anilines is 2. The van der Waals surface area contributed by atoms with Gasteiger partial charge in [0, 0.05) is 5.69 Å². The number of para-hydroxylation sites is 1. The number of benzene rings is 2. The molecule has 7 nitrogen and oxygen atoms in total. The molecule has 1 aromatic heterocycles. The van der Waals surface area contributed by atoms with Gasteiger partial charge in [0.15, 0.2) is 11.9 Å². The first-order valence-electron chi connectivity index (χ1n) is 8.96. The van der Waals surface area contributed by atoms with Crippen LogP contribution in [-0.4, -0.2) is 23.9 Å². The summed E-state index contributed by atoms with van der Waals surface area (Å²) in [5.74, 6) is -1.58. The fourth-order valence-corrected chi connectivity index (χ4v) is 2.52. The Balaban J connectivity index is 1.66. The second-order valence-corrected chi connectivity index (χ2v) is 6.38. The zero-order valence-electron chi connectivity index (χ0n) is 16.0. The highest BCUT2D eigenvalue weighted by molar-refractivity contribution is 6.07. The molecule has 0 fully saturated rings. The topological polar surface area (TPSA) is 97.6 Å². The Morgan fingerprint density at radius 1 is 0.931 bits per heavy atom. The molecule has 7 heteroatoms. The normalized spacial score (nSPS) is 11.4. The molecule has 1 heterocycles. The molecule has 29 heavy (non-hydrogen) atoms. The number of esters is 1. The van der Waals surface area contributed by atoms with Gasteiger partial charge in [-0.15, -0.1) is 0 Å². The highest BCUT2D eigenvalue weighted by Crippen LogP contribution is 2.19. The van der Waals surface area contributed by atoms with Crippen molar-refractivity contribution in [1.29, 1.82) is 0 Å². The third kappa shape index (κ3) is 5.10. The Hall–Kier alpha value is -3.87. The van der Waals surface area contributed by atoms with Crippen molar-refractivity contribution in [2.24, 2.45) is 0 Å². The van der Waals surface area contributed by atoms with Gasteiger partial charge in [0.2, 0.25) is 0 Å². The minimum absolute atomic E-state index is 0.110. The Labute approximate surface area is 167 Å². The fourth-order valence-electron chi connectivity index (χ4n) is 2.52. The molecule has 0 bridgehead atoms. The average Bonchev–Trinajstić information content (AvgIpc) is 3.25. The maximum Gasteiger partial charge on any atom is 0.341 e. The van der Waals surface area contributed by atoms with E-state index in [0.29, 0.717) is 5.69 Å². The minimum Gasteiger partial charge on any atom is -0.459 e. The molecule has 3 aromatic rings. The largest absolute Gasteiger partial charge is 0.459 e. The first-order chi connectivity index (χ1) is 13.9. The number of rotatable bonds is 6. The van der Waals surface area contributed by atoms with Crippen LogP contribution in [0, 0.1) is 6.92 Å². The third-order valence-electron chi connectivity index (χ3n) is 4.11. The molecule has 2 aromatic carbocycles. The second kappa shape index (κ2) is 8.88. The van der Waals surface area contributed by atoms with E-state index in [1.807, 2.05) is 19.1 Å². The first-order valence-corrected chi connectivity index (χ1v) is 8.96. The van der Waals surface area contributed by atoms with Gasteiger partial charge in [-0.3, -0.25) is 9.59 Å². The van der Waals surface area contributed by atoms with Crippen LogP contribution in [-0.2, 0) is 9.53 Å². The Kier molecular flexibility index (Phi) is 6.09. The highest BCUT2D eigenvalue weighted by atomic mass is 16.5. The molecule has 2 N–H and O–H groups in total. The average molecular weight is 392 g/mol. The van der Waals surface area contributed by atoms with E-state index in [0.717, 1.165) is 5.56 Å². The SMILES string of the molecule is Cc1ccc(NC(=O)[C@H](C)OC(=O)c2ccccc2NC(=O)c2ccco2)cc1. The summed E-state index contributed by atoms with van der Waals surface area (Å²) in [6, 6.07) is 16.7. The van der Waals surface area contributed by atoms with E-state index in [2.05, 4.69) is 10.6 Å². The first kappa shape index (κ1) is 19.9. The Morgan fingerprint density at radius 2 is 1.66 bits per heavy atom. The monoisotopic (exact) mass is 392 g/mol. The number of aryl methyl sites for hydroxylation is 1. The molecule has 148 valence electrons. The van der Waals surface area contributed by atoms with Gasteiger partial charge in [-0.1, -0.05) is 29.8 Å². The maximum absolute atomic E-state index is 12.6. The molecule has 1 atom stereocenters. The summed E-state index contributed by atoms with van der Waals surface area (Å²) in [7, 11) is 0. The van der Waals surface area contributed by atoms with Gasteiger partial charge in [0.25, 0.3) is 11.8 Å². The lowest BCUT2D eigenvalue weighted by Crippen LogP contribution is -2.30. The van der Waals surface area contributed by atoms with Crippen LogP contribution in [0.25, 0.3) is 0 Å². The summed E-state index contributed by atoms with van der Waals surface area (Å²) >= 11 is 0. The lowest BCUT2D eigenvalue weighted by atomic mass is 10.1. The molecule has 0 saturated heterocycles. The van der Waals surface area contributed by atoms with Gasteiger partial charge < -0.3 is 19.8 Å². The van der Waals surface area contributed by atoms with E-state index in [-0.39, 0.29) is 17.0 Å². The van der Waals surface area contributed by atoms with Gasteiger partial charge >= 0.3 is 5.97 Å². The van der Waals surface area contributed by atoms with Gasteiger partial charge in [0.05, 0.1) is 17.5 Å². The van der Waals surface area contributed by atoms with Crippen LogP contribution in [0.5, 0.6) is 0 Å². The summed E-state index contributed by atoms with van der Waals surface area (Å²) in [4.78, 5) is 37.1. The van der Waals surface area contributed by atoms with Gasteiger partial charge in [-0.2, -0.15) is 0 Å². The molecule has 0 aliphatic rings. The molecular weight excluding hydrogens is 372 g/mol. The van der Waals surface area contributed by atoms with E-state index < -0.39 is 23.9 Å². The standard InChI is InChI=1S/C22H20N2O5/c1-14-9-11-16(12-10-14)23-20(25)15(2)29-22(27)17-6-3-4-7-18(17)24-21(26)19-8-5-13-28-19/h3-13,15H,1-2H3,(H,23,25)(H,24,26)/t15-/m0/s1. The predicted octanol–water partition coefficient (Wildman–Crippen LogP) is 4.02. The van der Waals surface area contributed by atoms with Crippen LogP contribution in [0.4, 0.5) is 11.4 Å². The number of hydrogen-bond acceptors (Lipinski definition) is 5. The predicted molar refractivity (Wildman–Crippen MR) is 108 cm³/mol. The summed E-state index contributed by atoms with van der Waals surface area (Å²) < 4.78 is 10.3. The number of nitrogens with one attached hydrogen (secondary N) is 2. The summed E-state index contributed by atoms with van der Waals surface area (Å²) in [5, 5.41) is 5.30. The van der Waals surface area contributed by atoms with Crippen molar-refractivity contribution in [2.75, 3.05) is 10.6 Å². The Bertz CT molecular complexity index is 1010. The molecule has 0 radical (unpaired) electrons. The van der Waals surface area contributed by atoms with E-state index in [9.17, 15) is 14.4 Å². The summed E-state index contributed by atoms with van der Waals surface area (Å²) in [6.07, 6.45) is 0.348. The van der Waals surface area contributed by atoms with Crippen molar-refractivity contribution in [3.8, 4) is 0 Å². The van der Waals surface area contributed by atoms with Crippen molar-refractivity contribution in [1.82, 2.24) is 0 Å². The molecule has 0 spiro atoms. The molecule has 0 saturated carbocycles. The molecular formula is C22H20N2O5. The second-order valence-electron chi connectivity index (χ2n) is 6.38. The lowest BCUT2D eigenvalue weighted by Gasteiger charge is -2.15. The van der Waals surface area contributed by atoms with Crippen LogP contribution in [0.2, 0.25) is 0 Å². The summed E-state index contributed by atoms with van der Waals surface area (Å²) in [5.41, 5.74) is 2.05. The zero-order valence-corrected chi connectivity index (χ0v) is 16.0. The number of carbonyl (C=O) groups excluding carboxylic acids is 3. The van der Waals surface area contributed by atoms with Crippen LogP contribution in [0.3, 0.4) is 0 Å². The van der Waals surface area contributed by atoms with Crippen LogP contribution in [0.1, 0.15) is 33.4 Å². The van der Waals surface area contributed by atoms with Crippen molar-refractivity contribution < 1.29 is 23.5 Å². The van der Waals surface area contributed by atoms with E-state index in [1.54, 1.807) is 36.4 Å². The number of furan rings is 1. The molecule has 3 rings (SSSR count). The Morgan fingerprint density at radius 3 is 2.34 bits per heavy atom. The molecule has 2 amide bonds. The van der Waals surface area contributed by atoms with E-state index in [1.165, 1.54) is 25.3 Å². The zero-order chi connectivity index (χ0) is 20.8. The summed E-state index contributed by atoms with van der Waals surface area (Å²) in [6.45, 7) is 3.42. The van der Waals surface area contributed by atoms with Crippen molar-refractivity contribution >= 4 is 29.2 Å². The minimum atomic E-state index is -1.03. The fraction of sp³-hybridized carbons (Fsp3) is 0.136. The quantitative estimate of drug-likeness (QED) is 0.618. The van der Waals surface area contributed by atoms with Crippen LogP contribution in [0.15, 0.2) is 71.3 Å². The van der Waals surface area contributed by atoms with Crippen molar-refractivity contribution in [3.05, 3.63) is 83.8 Å². The maximum atomic E-state index is 12.6. The number of ether oxygens (including phenoxy) is 1. The van der Waals surface area contributed by atoms with Gasteiger partial charge in [-0.25, -0.2) is 4.79 Å². The number of carbonyl (C=O) groups is 3. The number of hydrogen-bond donors (Lipinski definition) is 2. The van der Waals surface area contributed by atoms with E-state index in [4.69, 9.17) is 9.15 Å². The lowest BCUT2D eigenvalue weighted by molar-refractivity contribution is -0.123. The van der Waals surface area contributed by atoms with Crippen LogP contribution >= 0.6 is 0 Å².